The summed E-state index contributed by atoms with van der Waals surface area (Å²) in [6, 6.07) is 0. The highest BCUT2D eigenvalue weighted by Gasteiger charge is 2.06. The van der Waals surface area contributed by atoms with Gasteiger partial charge in [0.2, 0.25) is 0 Å². The van der Waals surface area contributed by atoms with Gasteiger partial charge in [-0.3, -0.25) is 9.98 Å². The Kier molecular flexibility index (Phi) is 3.08. The largest absolute Gasteiger partial charge is 0.287 e. The Balaban J connectivity index is 2.32. The van der Waals surface area contributed by atoms with E-state index in [-0.39, 0.29) is 0 Å². The molecule has 76 valence electrons. The van der Waals surface area contributed by atoms with Crippen molar-refractivity contribution < 1.29 is 0 Å². The summed E-state index contributed by atoms with van der Waals surface area (Å²) < 4.78 is 0. The molecule has 2 heteroatoms. The molecule has 0 saturated carbocycles. The molecule has 0 aromatic carbocycles. The second-order valence-electron chi connectivity index (χ2n) is 3.58. The zero-order chi connectivity index (χ0) is 10.5. The fourth-order valence-electron chi connectivity index (χ4n) is 1.57. The molecule has 2 aliphatic heterocycles. The molecule has 0 saturated heterocycles. The fraction of sp³-hybridized carbons (Fsp3) is 0.231. The van der Waals surface area contributed by atoms with Gasteiger partial charge in [0.25, 0.3) is 0 Å². The molecule has 2 aliphatic rings. The third kappa shape index (κ3) is 2.62. The molecule has 2 nitrogen and oxygen atoms in total. The average Bonchev–Trinajstić information content (AvgIpc) is 2.27. The van der Waals surface area contributed by atoms with Gasteiger partial charge in [0, 0.05) is 12.4 Å². The first-order chi connectivity index (χ1) is 7.36. The van der Waals surface area contributed by atoms with Crippen LogP contribution in [0.25, 0.3) is 0 Å². The van der Waals surface area contributed by atoms with E-state index >= 15 is 0 Å². The Hall–Kier alpha value is -1.70. The molecule has 15 heavy (non-hydrogen) atoms. The number of aliphatic imine (C=N–C) groups is 2. The van der Waals surface area contributed by atoms with E-state index in [1.807, 2.05) is 24.4 Å². The van der Waals surface area contributed by atoms with Crippen LogP contribution in [0.5, 0.6) is 0 Å². The van der Waals surface area contributed by atoms with Crippen molar-refractivity contribution in [3.63, 3.8) is 0 Å². The molecule has 0 N–H and O–H groups in total. The van der Waals surface area contributed by atoms with Crippen molar-refractivity contribution in [1.29, 1.82) is 0 Å². The summed E-state index contributed by atoms with van der Waals surface area (Å²) >= 11 is 0. The van der Waals surface area contributed by atoms with Crippen LogP contribution in [0.2, 0.25) is 0 Å². The van der Waals surface area contributed by atoms with E-state index in [1.54, 1.807) is 6.21 Å². The van der Waals surface area contributed by atoms with Crippen molar-refractivity contribution in [2.75, 3.05) is 6.54 Å². The van der Waals surface area contributed by atoms with Gasteiger partial charge in [0.05, 0.1) is 12.2 Å². The van der Waals surface area contributed by atoms with Crippen molar-refractivity contribution in [3.8, 4) is 0 Å². The van der Waals surface area contributed by atoms with Crippen molar-refractivity contribution in [1.82, 2.24) is 0 Å². The molecule has 0 spiro atoms. The zero-order valence-electron chi connectivity index (χ0n) is 8.69. The van der Waals surface area contributed by atoms with Crippen LogP contribution in [0.3, 0.4) is 0 Å². The first-order valence-electron chi connectivity index (χ1n) is 5.14. The molecule has 0 aliphatic carbocycles. The summed E-state index contributed by atoms with van der Waals surface area (Å²) in [5, 5.41) is 0. The number of allylic oxidation sites excluding steroid dienone is 6. The topological polar surface area (TPSA) is 24.7 Å². The fourth-order valence-corrected chi connectivity index (χ4v) is 1.57. The maximum atomic E-state index is 4.39. The molecule has 0 aromatic heterocycles. The van der Waals surface area contributed by atoms with Crippen LogP contribution >= 0.6 is 0 Å². The van der Waals surface area contributed by atoms with E-state index < -0.39 is 0 Å². The highest BCUT2D eigenvalue weighted by atomic mass is 14.8. The predicted octanol–water partition coefficient (Wildman–Crippen LogP) is 2.86. The highest BCUT2D eigenvalue weighted by Crippen LogP contribution is 2.19. The van der Waals surface area contributed by atoms with Crippen LogP contribution in [0, 0.1) is 0 Å². The van der Waals surface area contributed by atoms with E-state index in [2.05, 4.69) is 22.6 Å². The zero-order valence-corrected chi connectivity index (χ0v) is 8.69. The van der Waals surface area contributed by atoms with Gasteiger partial charge in [0.15, 0.2) is 0 Å². The quantitative estimate of drug-likeness (QED) is 0.572. The van der Waals surface area contributed by atoms with E-state index in [4.69, 9.17) is 0 Å². The molecular weight excluding hydrogens is 184 g/mol. The third-order valence-electron chi connectivity index (χ3n) is 2.40. The minimum Gasteiger partial charge on any atom is -0.287 e. The number of rotatable bonds is 0. The molecule has 0 amide bonds. The smallest absolute Gasteiger partial charge is 0.0814 e. The molecule has 2 heterocycles. The SMILES string of the molecule is C=C1C=CC2=C(CN=C/C=C\1)N=CCC2. The van der Waals surface area contributed by atoms with E-state index in [1.165, 1.54) is 5.57 Å². The van der Waals surface area contributed by atoms with Gasteiger partial charge >= 0.3 is 0 Å². The lowest BCUT2D eigenvalue weighted by molar-refractivity contribution is 0.953. The van der Waals surface area contributed by atoms with Crippen LogP contribution in [0.4, 0.5) is 0 Å². The Bertz CT molecular complexity index is 406. The first kappa shape index (κ1) is 9.84. The Morgan fingerprint density at radius 1 is 1.20 bits per heavy atom. The lowest BCUT2D eigenvalue weighted by atomic mass is 10.0. The summed E-state index contributed by atoms with van der Waals surface area (Å²) in [5.41, 5.74) is 3.35. The second-order valence-corrected chi connectivity index (χ2v) is 3.58. The summed E-state index contributed by atoms with van der Waals surface area (Å²) in [6.45, 7) is 4.60. The second kappa shape index (κ2) is 4.69. The van der Waals surface area contributed by atoms with Gasteiger partial charge in [-0.25, -0.2) is 0 Å². The maximum absolute atomic E-state index is 4.39. The predicted molar refractivity (Wildman–Crippen MR) is 65.5 cm³/mol. The lowest BCUT2D eigenvalue weighted by Gasteiger charge is -2.10. The van der Waals surface area contributed by atoms with Crippen LogP contribution in [0.1, 0.15) is 12.8 Å². The monoisotopic (exact) mass is 198 g/mol. The number of nitrogens with zero attached hydrogens (tertiary/aromatic N) is 2. The Morgan fingerprint density at radius 2 is 2.13 bits per heavy atom. The third-order valence-corrected chi connectivity index (χ3v) is 2.40. The van der Waals surface area contributed by atoms with Gasteiger partial charge in [-0.1, -0.05) is 24.8 Å². The van der Waals surface area contributed by atoms with Crippen LogP contribution in [-0.4, -0.2) is 19.0 Å². The van der Waals surface area contributed by atoms with Crippen molar-refractivity contribution in [3.05, 3.63) is 47.7 Å². The van der Waals surface area contributed by atoms with E-state index in [9.17, 15) is 0 Å². The minimum absolute atomic E-state index is 0.674. The lowest BCUT2D eigenvalue weighted by Crippen LogP contribution is -1.99. The van der Waals surface area contributed by atoms with Gasteiger partial charge in [-0.05, 0) is 30.1 Å². The van der Waals surface area contributed by atoms with E-state index in [0.29, 0.717) is 6.54 Å². The van der Waals surface area contributed by atoms with Crippen molar-refractivity contribution in [2.24, 2.45) is 9.98 Å². The number of hydrogen-bond acceptors (Lipinski definition) is 2. The van der Waals surface area contributed by atoms with E-state index in [0.717, 1.165) is 24.1 Å². The van der Waals surface area contributed by atoms with Crippen molar-refractivity contribution >= 4 is 12.4 Å². The maximum Gasteiger partial charge on any atom is 0.0814 e. The summed E-state index contributed by atoms with van der Waals surface area (Å²) in [6.07, 6.45) is 13.9. The molecule has 0 bridgehead atoms. The summed E-state index contributed by atoms with van der Waals surface area (Å²) in [4.78, 5) is 8.68. The summed E-state index contributed by atoms with van der Waals surface area (Å²) in [5.74, 6) is 0. The van der Waals surface area contributed by atoms with Crippen molar-refractivity contribution in [2.45, 2.75) is 12.8 Å². The molecule has 0 radical (unpaired) electrons. The first-order valence-corrected chi connectivity index (χ1v) is 5.14. The molecule has 0 atom stereocenters. The Labute approximate surface area is 90.1 Å². The Morgan fingerprint density at radius 3 is 3.07 bits per heavy atom. The van der Waals surface area contributed by atoms with Crippen LogP contribution in [-0.2, 0) is 0 Å². The van der Waals surface area contributed by atoms with Gasteiger partial charge in [-0.15, -0.1) is 0 Å². The molecule has 0 aromatic rings. The molecular formula is C13H14N2. The molecule has 0 unspecified atom stereocenters. The normalized spacial score (nSPS) is 22.8. The average molecular weight is 198 g/mol. The standard InChI is InChI=1S/C13H14N2/c1-11-4-2-8-14-10-13-12(7-6-11)5-3-9-15-13/h2,4,6-9H,1,3,5,10H2/b4-2-,7-6?,14-8?. The minimum atomic E-state index is 0.674. The van der Waals surface area contributed by atoms with Gasteiger partial charge in [0.1, 0.15) is 0 Å². The summed E-state index contributed by atoms with van der Waals surface area (Å²) in [7, 11) is 0. The molecule has 2 rings (SSSR count). The number of hydrogen-bond donors (Lipinski definition) is 0. The van der Waals surface area contributed by atoms with Gasteiger partial charge in [-0.2, -0.15) is 0 Å². The van der Waals surface area contributed by atoms with Gasteiger partial charge < -0.3 is 0 Å². The highest BCUT2D eigenvalue weighted by molar-refractivity contribution is 5.72. The van der Waals surface area contributed by atoms with Crippen LogP contribution in [0.15, 0.2) is 57.7 Å². The van der Waals surface area contributed by atoms with Crippen LogP contribution < -0.4 is 0 Å². The molecule has 0 fully saturated rings.